The first-order valence-corrected chi connectivity index (χ1v) is 10.1. The number of benzene rings is 2. The molecule has 0 bridgehead atoms. The fourth-order valence-electron chi connectivity index (χ4n) is 3.76. The molecular formula is C23H27N3O5. The van der Waals surface area contributed by atoms with Crippen LogP contribution in [0.3, 0.4) is 0 Å². The summed E-state index contributed by atoms with van der Waals surface area (Å²) in [6.45, 7) is 0.804. The van der Waals surface area contributed by atoms with Crippen LogP contribution in [0, 0.1) is 0 Å². The summed E-state index contributed by atoms with van der Waals surface area (Å²) in [5.74, 6) is 0.904. The van der Waals surface area contributed by atoms with Crippen molar-refractivity contribution in [1.82, 2.24) is 10.2 Å². The Morgan fingerprint density at radius 2 is 1.90 bits per heavy atom. The van der Waals surface area contributed by atoms with E-state index in [-0.39, 0.29) is 24.7 Å². The van der Waals surface area contributed by atoms with E-state index in [1.165, 1.54) is 11.9 Å². The number of rotatable bonds is 10. The van der Waals surface area contributed by atoms with E-state index in [1.807, 2.05) is 24.3 Å². The number of carbonyl (C=O) groups is 3. The van der Waals surface area contributed by atoms with Gasteiger partial charge in [0.15, 0.2) is 0 Å². The van der Waals surface area contributed by atoms with Crippen molar-refractivity contribution in [2.75, 3.05) is 26.6 Å². The first-order valence-electron chi connectivity index (χ1n) is 10.1. The molecule has 0 saturated carbocycles. The van der Waals surface area contributed by atoms with Crippen molar-refractivity contribution >= 4 is 23.8 Å². The lowest BCUT2D eigenvalue weighted by Crippen LogP contribution is -2.46. The van der Waals surface area contributed by atoms with Crippen molar-refractivity contribution in [3.8, 4) is 11.5 Å². The van der Waals surface area contributed by atoms with Crippen LogP contribution in [0.2, 0.25) is 0 Å². The van der Waals surface area contributed by atoms with E-state index in [4.69, 9.17) is 9.47 Å². The highest BCUT2D eigenvalue weighted by Gasteiger charge is 2.36. The van der Waals surface area contributed by atoms with Crippen molar-refractivity contribution in [3.63, 3.8) is 0 Å². The molecule has 164 valence electrons. The van der Waals surface area contributed by atoms with E-state index < -0.39 is 6.04 Å². The van der Waals surface area contributed by atoms with Gasteiger partial charge in [0.1, 0.15) is 23.8 Å². The quantitative estimate of drug-likeness (QED) is 0.568. The zero-order valence-electron chi connectivity index (χ0n) is 17.9. The Bertz CT molecular complexity index is 953. The summed E-state index contributed by atoms with van der Waals surface area (Å²) in [5, 5.41) is 5.98. The molecule has 3 rings (SSSR count). The average molecular weight is 425 g/mol. The minimum atomic E-state index is -0.689. The van der Waals surface area contributed by atoms with Crippen molar-refractivity contribution in [1.29, 1.82) is 0 Å². The Kier molecular flexibility index (Phi) is 7.12. The number of methoxy groups -OCH3 is 2. The molecule has 31 heavy (non-hydrogen) atoms. The van der Waals surface area contributed by atoms with Crippen LogP contribution >= 0.6 is 0 Å². The van der Waals surface area contributed by atoms with Gasteiger partial charge in [0.2, 0.25) is 5.91 Å². The first-order chi connectivity index (χ1) is 15.0. The third-order valence-electron chi connectivity index (χ3n) is 5.37. The number of aldehydes is 1. The molecule has 8 heteroatoms. The number of likely N-dealkylation sites (N-methyl/N-ethyl adjacent to an activating group) is 1. The molecule has 2 amide bonds. The average Bonchev–Trinajstić information content (AvgIpc) is 3.14. The van der Waals surface area contributed by atoms with Gasteiger partial charge in [-0.3, -0.25) is 9.59 Å². The number of carbonyl (C=O) groups excluding carboxylic acids is 3. The van der Waals surface area contributed by atoms with E-state index in [0.29, 0.717) is 30.2 Å². The molecule has 8 nitrogen and oxygen atoms in total. The lowest BCUT2D eigenvalue weighted by Gasteiger charge is -2.25. The molecule has 1 aliphatic rings. The third kappa shape index (κ3) is 4.79. The van der Waals surface area contributed by atoms with Gasteiger partial charge in [-0.2, -0.15) is 0 Å². The molecule has 0 fully saturated rings. The van der Waals surface area contributed by atoms with E-state index in [2.05, 4.69) is 10.6 Å². The number of hydrogen-bond donors (Lipinski definition) is 2. The summed E-state index contributed by atoms with van der Waals surface area (Å²) in [7, 11) is 4.73. The van der Waals surface area contributed by atoms with Gasteiger partial charge in [-0.15, -0.1) is 0 Å². The minimum absolute atomic E-state index is 0.207. The highest BCUT2D eigenvalue weighted by Crippen LogP contribution is 2.32. The Morgan fingerprint density at radius 1 is 1.19 bits per heavy atom. The van der Waals surface area contributed by atoms with Crippen LogP contribution in [0.25, 0.3) is 0 Å². The van der Waals surface area contributed by atoms with Crippen LogP contribution in [0.15, 0.2) is 36.4 Å². The fourth-order valence-corrected chi connectivity index (χ4v) is 3.76. The maximum absolute atomic E-state index is 13.0. The smallest absolute Gasteiger partial charge is 0.255 e. The zero-order chi connectivity index (χ0) is 22.4. The lowest BCUT2D eigenvalue weighted by atomic mass is 10.1. The summed E-state index contributed by atoms with van der Waals surface area (Å²) >= 11 is 0. The molecular weight excluding hydrogens is 398 g/mol. The number of fused-ring (bicyclic) bond motifs is 1. The third-order valence-corrected chi connectivity index (χ3v) is 5.37. The first kappa shape index (κ1) is 22.1. The Balaban J connectivity index is 1.82. The molecule has 0 aromatic heterocycles. The van der Waals surface area contributed by atoms with Gasteiger partial charge < -0.3 is 29.8 Å². The molecule has 1 aliphatic heterocycles. The summed E-state index contributed by atoms with van der Waals surface area (Å²) in [4.78, 5) is 37.7. The topological polar surface area (TPSA) is 97.0 Å². The van der Waals surface area contributed by atoms with Crippen LogP contribution in [0.5, 0.6) is 11.5 Å². The molecule has 0 spiro atoms. The highest BCUT2D eigenvalue weighted by molar-refractivity contribution is 6.02. The molecule has 1 unspecified atom stereocenters. The molecule has 0 radical (unpaired) electrons. The summed E-state index contributed by atoms with van der Waals surface area (Å²) in [6, 6.07) is 10.4. The van der Waals surface area contributed by atoms with Crippen LogP contribution in [-0.2, 0) is 22.7 Å². The fraction of sp³-hybridized carbons (Fsp3) is 0.348. The van der Waals surface area contributed by atoms with Crippen molar-refractivity contribution < 1.29 is 23.9 Å². The molecule has 0 aliphatic carbocycles. The Labute approximate surface area is 181 Å². The maximum atomic E-state index is 13.0. The Hall–Kier alpha value is -3.55. The van der Waals surface area contributed by atoms with Gasteiger partial charge in [-0.25, -0.2) is 0 Å². The van der Waals surface area contributed by atoms with Crippen molar-refractivity contribution in [2.24, 2.45) is 0 Å². The predicted molar refractivity (Wildman–Crippen MR) is 116 cm³/mol. The van der Waals surface area contributed by atoms with Gasteiger partial charge in [0.25, 0.3) is 5.91 Å². The number of ether oxygens (including phenoxy) is 2. The van der Waals surface area contributed by atoms with E-state index in [9.17, 15) is 14.4 Å². The molecule has 0 saturated heterocycles. The lowest BCUT2D eigenvalue weighted by molar-refractivity contribution is -0.125. The maximum Gasteiger partial charge on any atom is 0.255 e. The zero-order valence-corrected chi connectivity index (χ0v) is 17.9. The monoisotopic (exact) mass is 425 g/mol. The highest BCUT2D eigenvalue weighted by atomic mass is 16.5. The number of anilines is 1. The molecule has 1 atom stereocenters. The minimum Gasteiger partial charge on any atom is -0.497 e. The molecule has 2 aromatic carbocycles. The van der Waals surface area contributed by atoms with Crippen molar-refractivity contribution in [2.45, 2.75) is 32.0 Å². The van der Waals surface area contributed by atoms with E-state index in [0.717, 1.165) is 23.1 Å². The van der Waals surface area contributed by atoms with Gasteiger partial charge in [-0.1, -0.05) is 6.07 Å². The molecule has 1 heterocycles. The second-order valence-electron chi connectivity index (χ2n) is 7.21. The van der Waals surface area contributed by atoms with Gasteiger partial charge in [0.05, 0.1) is 14.2 Å². The number of nitrogens with zero attached hydrogens (tertiary/aromatic N) is 1. The number of nitrogens with one attached hydrogen (secondary N) is 2. The van der Waals surface area contributed by atoms with Crippen LogP contribution in [0.1, 0.15) is 34.3 Å². The largest absolute Gasteiger partial charge is 0.497 e. The number of amides is 2. The standard InChI is InChI=1S/C23H27N3O5/c1-24-22(28)21(8-5-9-27)26-14-19-18(23(26)29)6-4-7-20(19)25-13-15-10-16(30-2)12-17(11-15)31-3/h4,6-7,9-12,21,25H,5,8,13-14H2,1-3H3,(H,24,28). The second kappa shape index (κ2) is 9.97. The van der Waals surface area contributed by atoms with Crippen LogP contribution in [0.4, 0.5) is 5.69 Å². The van der Waals surface area contributed by atoms with Crippen LogP contribution < -0.4 is 20.1 Å². The number of hydrogen-bond acceptors (Lipinski definition) is 6. The summed E-state index contributed by atoms with van der Waals surface area (Å²) in [6.07, 6.45) is 1.26. The SMILES string of the molecule is CNC(=O)C(CCC=O)N1Cc2c(NCc3cc(OC)cc(OC)c3)cccc2C1=O. The van der Waals surface area contributed by atoms with E-state index >= 15 is 0 Å². The van der Waals surface area contributed by atoms with Crippen molar-refractivity contribution in [3.05, 3.63) is 53.1 Å². The second-order valence-corrected chi connectivity index (χ2v) is 7.21. The molecule has 2 N–H and O–H groups in total. The molecule has 2 aromatic rings. The predicted octanol–water partition coefficient (Wildman–Crippen LogP) is 2.37. The van der Waals surface area contributed by atoms with Gasteiger partial charge in [-0.05, 0) is 36.2 Å². The van der Waals surface area contributed by atoms with Gasteiger partial charge in [0, 0.05) is 49.4 Å². The van der Waals surface area contributed by atoms with Gasteiger partial charge >= 0.3 is 0 Å². The summed E-state index contributed by atoms with van der Waals surface area (Å²) in [5.41, 5.74) is 3.18. The summed E-state index contributed by atoms with van der Waals surface area (Å²) < 4.78 is 10.6. The van der Waals surface area contributed by atoms with Crippen LogP contribution in [-0.4, -0.2) is 50.3 Å². The Morgan fingerprint density at radius 3 is 2.52 bits per heavy atom. The normalized spacial score (nSPS) is 13.4. The van der Waals surface area contributed by atoms with E-state index in [1.54, 1.807) is 26.4 Å².